The lowest BCUT2D eigenvalue weighted by molar-refractivity contribution is 0.413. The van der Waals surface area contributed by atoms with Gasteiger partial charge in [0, 0.05) is 37.3 Å². The van der Waals surface area contributed by atoms with E-state index in [0.29, 0.717) is 0 Å². The summed E-state index contributed by atoms with van der Waals surface area (Å²) in [6.07, 6.45) is -4.56. The zero-order valence-corrected chi connectivity index (χ0v) is 7.86. The maximum atomic E-state index is 8.34. The van der Waals surface area contributed by atoms with Crippen molar-refractivity contribution in [3.63, 3.8) is 0 Å². The molecule has 2 rings (SSSR count). The van der Waals surface area contributed by atoms with Gasteiger partial charge in [-0.2, -0.15) is 0 Å². The molecule has 1 aromatic heterocycles. The van der Waals surface area contributed by atoms with Crippen LogP contribution in [0, 0.1) is 0 Å². The standard InChI is InChI=1S/C13H18N2O/c1-15(2)7-6-10-9-14-13-5-4-11(16-3)8-12(10)13/h4-5,8-9,14H,6-7H2,1-3H3/i1D3,2D3,3D3,4D,5D,6D2,7D2,8D,9D. The fourth-order valence-electron chi connectivity index (χ4n) is 1.11. The molecule has 3 heteroatoms. The second kappa shape index (κ2) is 4.58. The van der Waals surface area contributed by atoms with Gasteiger partial charge in [-0.05, 0) is 44.0 Å². The number of rotatable bonds is 4. The highest BCUT2D eigenvalue weighted by Gasteiger charge is 2.05. The minimum atomic E-state index is -3.84. The SMILES string of the molecule is [2H]c1[nH]c2c([2H])c([2H])c(OC([2H])([2H])[2H])c([2H])c2c1C([2H])([2H])C([2H])([2H])N(C([2H])([2H])[2H])C([2H])([2H])[2H]. The second-order valence-electron chi connectivity index (χ2n) is 2.75. The van der Waals surface area contributed by atoms with E-state index < -0.39 is 85.3 Å². The average molecular weight is 235 g/mol. The van der Waals surface area contributed by atoms with Gasteiger partial charge in [0.05, 0.1) is 16.6 Å². The first-order chi connectivity index (χ1) is 14.5. The largest absolute Gasteiger partial charge is 0.497 e. The van der Waals surface area contributed by atoms with Crippen molar-refractivity contribution in [2.75, 3.05) is 27.5 Å². The van der Waals surface area contributed by atoms with E-state index in [2.05, 4.69) is 9.72 Å². The normalized spacial score (nSPS) is 30.9. The summed E-state index contributed by atoms with van der Waals surface area (Å²) in [7, 11) is -3.18. The number of nitrogens with one attached hydrogen (secondary N) is 1. The maximum Gasteiger partial charge on any atom is 0.119 e. The van der Waals surface area contributed by atoms with Gasteiger partial charge in [0.1, 0.15) is 5.75 Å². The van der Waals surface area contributed by atoms with Crippen LogP contribution in [0.15, 0.2) is 24.3 Å². The van der Waals surface area contributed by atoms with Crippen LogP contribution < -0.4 is 4.74 Å². The number of benzene rings is 1. The topological polar surface area (TPSA) is 28.3 Å². The third-order valence-corrected chi connectivity index (χ3v) is 1.75. The Kier molecular flexibility index (Phi) is 0.718. The Hall–Kier alpha value is -1.48. The van der Waals surface area contributed by atoms with Gasteiger partial charge < -0.3 is 14.6 Å². The molecule has 0 amide bonds. The summed E-state index contributed by atoms with van der Waals surface area (Å²) in [4.78, 5) is 1.54. The Balaban J connectivity index is 2.96. The highest BCUT2D eigenvalue weighted by Crippen LogP contribution is 2.23. The van der Waals surface area contributed by atoms with Gasteiger partial charge in [-0.1, -0.05) is 0 Å². The van der Waals surface area contributed by atoms with Crippen LogP contribution in [-0.4, -0.2) is 37.4 Å². The molecule has 0 spiro atoms. The minimum absolute atomic E-state index is 0.517. The average Bonchev–Trinajstić information content (AvgIpc) is 2.90. The van der Waals surface area contributed by atoms with Crippen molar-refractivity contribution >= 4 is 10.9 Å². The third kappa shape index (κ3) is 2.19. The van der Waals surface area contributed by atoms with Gasteiger partial charge >= 0.3 is 0 Å². The second-order valence-corrected chi connectivity index (χ2v) is 2.75. The zero-order valence-electron chi connectivity index (χ0n) is 24.9. The van der Waals surface area contributed by atoms with Gasteiger partial charge in [0.15, 0.2) is 0 Å². The molecule has 1 aromatic carbocycles. The van der Waals surface area contributed by atoms with Gasteiger partial charge in [-0.25, -0.2) is 0 Å². The predicted octanol–water partition coefficient (Wildman–Crippen LogP) is 2.28. The lowest BCUT2D eigenvalue weighted by atomic mass is 10.1. The predicted molar refractivity (Wildman–Crippen MR) is 67.1 cm³/mol. The number of aromatic nitrogens is 1. The quantitative estimate of drug-likeness (QED) is 0.880. The summed E-state index contributed by atoms with van der Waals surface area (Å²) in [5, 5.41) is -0.731. The number of aromatic amines is 1. The van der Waals surface area contributed by atoms with Crippen molar-refractivity contribution in [3.8, 4) is 5.75 Å². The lowest BCUT2D eigenvalue weighted by Gasteiger charge is -2.08. The van der Waals surface area contributed by atoms with Crippen LogP contribution in [0.2, 0.25) is 0 Å². The van der Waals surface area contributed by atoms with Crippen LogP contribution in [0.1, 0.15) is 28.9 Å². The van der Waals surface area contributed by atoms with E-state index in [-0.39, 0.29) is 0 Å². The summed E-state index contributed by atoms with van der Waals surface area (Å²) in [5.74, 6) is -0.979. The number of hydrogen-bond acceptors (Lipinski definition) is 2. The molecule has 0 radical (unpaired) electrons. The van der Waals surface area contributed by atoms with E-state index in [1.54, 1.807) is 0 Å². The van der Waals surface area contributed by atoms with Crippen LogP contribution in [0.5, 0.6) is 5.75 Å². The first-order valence-electron chi connectivity index (χ1n) is 12.6. The Morgan fingerprint density at radius 3 is 3.31 bits per heavy atom. The van der Waals surface area contributed by atoms with Crippen LogP contribution in [0.4, 0.5) is 0 Å². The molecule has 0 unspecified atom stereocenters. The molecule has 0 saturated carbocycles. The molecule has 3 nitrogen and oxygen atoms in total. The molecule has 0 aliphatic heterocycles. The van der Waals surface area contributed by atoms with Crippen LogP contribution >= 0.6 is 0 Å². The molecule has 0 saturated heterocycles. The van der Waals surface area contributed by atoms with Crippen LogP contribution in [-0.2, 0) is 6.37 Å². The molecular weight excluding hydrogens is 200 g/mol. The van der Waals surface area contributed by atoms with Crippen LogP contribution in [0.25, 0.3) is 10.9 Å². The molecule has 0 atom stereocenters. The molecule has 1 heterocycles. The number of methoxy groups -OCH3 is 1. The maximum absolute atomic E-state index is 8.34. The number of likely N-dealkylation sites (N-methyl/N-ethyl adjacent to an activating group) is 1. The lowest BCUT2D eigenvalue weighted by Crippen LogP contribution is -2.14. The van der Waals surface area contributed by atoms with E-state index in [1.807, 2.05) is 0 Å². The van der Waals surface area contributed by atoms with Gasteiger partial charge in [0.25, 0.3) is 0 Å². The monoisotopic (exact) mass is 235 g/mol. The summed E-state index contributed by atoms with van der Waals surface area (Å²) in [5.41, 5.74) is -1.56. The number of ether oxygens (including phenoxy) is 1. The summed E-state index contributed by atoms with van der Waals surface area (Å²) >= 11 is 0. The molecule has 0 bridgehead atoms. The molecule has 86 valence electrons. The number of hydrogen-bond donors (Lipinski definition) is 1. The molecule has 16 heavy (non-hydrogen) atoms. The molecule has 0 fully saturated rings. The van der Waals surface area contributed by atoms with E-state index in [0.717, 1.165) is 0 Å². The van der Waals surface area contributed by atoms with Gasteiger partial charge in [0.2, 0.25) is 0 Å². The van der Waals surface area contributed by atoms with E-state index in [1.165, 1.54) is 0 Å². The van der Waals surface area contributed by atoms with E-state index in [9.17, 15) is 0 Å². The first kappa shape index (κ1) is 2.51. The van der Waals surface area contributed by atoms with Gasteiger partial charge in [-0.3, -0.25) is 0 Å². The number of nitrogens with zero attached hydrogens (tertiary/aromatic N) is 1. The van der Waals surface area contributed by atoms with E-state index >= 15 is 0 Å². The summed E-state index contributed by atoms with van der Waals surface area (Å²) in [6.45, 7) is -11.2. The smallest absolute Gasteiger partial charge is 0.119 e. The first-order valence-corrected chi connectivity index (χ1v) is 4.08. The number of H-pyrrole nitrogens is 1. The van der Waals surface area contributed by atoms with Crippen molar-refractivity contribution in [1.82, 2.24) is 9.88 Å². The summed E-state index contributed by atoms with van der Waals surface area (Å²) < 4.78 is 136. The molecule has 2 aromatic rings. The highest BCUT2D eigenvalue weighted by atomic mass is 16.5. The van der Waals surface area contributed by atoms with Crippen molar-refractivity contribution in [1.29, 1.82) is 0 Å². The molecule has 0 aliphatic carbocycles. The Bertz CT molecular complexity index is 1050. The van der Waals surface area contributed by atoms with Gasteiger partial charge in [-0.15, -0.1) is 0 Å². The number of aryl methyl sites for hydroxylation is 1. The fraction of sp³-hybridized carbons (Fsp3) is 0.385. The van der Waals surface area contributed by atoms with Crippen molar-refractivity contribution in [2.45, 2.75) is 6.37 Å². The van der Waals surface area contributed by atoms with Crippen LogP contribution in [0.3, 0.4) is 0 Å². The number of fused-ring (bicyclic) bond motifs is 1. The summed E-state index contributed by atoms with van der Waals surface area (Å²) in [6, 6.07) is -2.67. The Morgan fingerprint density at radius 2 is 2.50 bits per heavy atom. The third-order valence-electron chi connectivity index (χ3n) is 1.75. The molecule has 1 N–H and O–H groups in total. The highest BCUT2D eigenvalue weighted by molar-refractivity contribution is 5.84. The fourth-order valence-corrected chi connectivity index (χ4v) is 1.11. The van der Waals surface area contributed by atoms with Crippen molar-refractivity contribution < 1.29 is 28.0 Å². The van der Waals surface area contributed by atoms with E-state index in [4.69, 9.17) is 23.3 Å². The molecule has 0 aliphatic rings. The molecular formula is C13H18N2O. The minimum Gasteiger partial charge on any atom is -0.497 e. The van der Waals surface area contributed by atoms with Crippen molar-refractivity contribution in [3.05, 3.63) is 29.9 Å². The zero-order chi connectivity index (χ0) is 26.1. The Morgan fingerprint density at radius 1 is 1.56 bits per heavy atom. The van der Waals surface area contributed by atoms with Crippen molar-refractivity contribution in [2.24, 2.45) is 0 Å². The Labute approximate surface area is 120 Å².